The van der Waals surface area contributed by atoms with Crippen LogP contribution < -0.4 is 0 Å². The van der Waals surface area contributed by atoms with Crippen LogP contribution in [0.3, 0.4) is 0 Å². The van der Waals surface area contributed by atoms with Gasteiger partial charge in [0.15, 0.2) is 0 Å². The van der Waals surface area contributed by atoms with Crippen molar-refractivity contribution in [3.8, 4) is 0 Å². The van der Waals surface area contributed by atoms with E-state index in [1.54, 1.807) is 20.8 Å². The van der Waals surface area contributed by atoms with E-state index in [1.807, 2.05) is 0 Å². The van der Waals surface area contributed by atoms with E-state index in [0.717, 1.165) is 9.80 Å². The molecule has 1 aliphatic heterocycles. The van der Waals surface area contributed by atoms with Crippen LogP contribution in [0.25, 0.3) is 0 Å². The molecule has 1 aliphatic rings. The second-order valence-electron chi connectivity index (χ2n) is 6.43. The molecule has 118 valence electrons. The smallest absolute Gasteiger partial charge is 0.410 e. The molecule has 20 heavy (non-hydrogen) atoms. The Bertz CT molecular complexity index is 364. The van der Waals surface area contributed by atoms with Crippen molar-refractivity contribution in [3.05, 3.63) is 0 Å². The summed E-state index contributed by atoms with van der Waals surface area (Å²) in [6, 6.07) is 0. The van der Waals surface area contributed by atoms with E-state index in [0.29, 0.717) is 13.0 Å². The third kappa shape index (κ3) is 3.56. The number of likely N-dealkylation sites (tertiary alicyclic amines) is 1. The molecule has 1 amide bonds. The molecular weight excluding hydrogens is 273 g/mol. The van der Waals surface area contributed by atoms with Gasteiger partial charge in [-0.25, -0.2) is 4.79 Å². The summed E-state index contributed by atoms with van der Waals surface area (Å²) >= 11 is 0. The van der Waals surface area contributed by atoms with E-state index in [9.17, 15) is 18.0 Å². The quantitative estimate of drug-likeness (QED) is 0.746. The van der Waals surface area contributed by atoms with Crippen molar-refractivity contribution in [3.63, 3.8) is 0 Å². The molecule has 0 radical (unpaired) electrons. The first-order valence-corrected chi connectivity index (χ1v) is 6.61. The van der Waals surface area contributed by atoms with Crippen molar-refractivity contribution in [2.24, 2.45) is 0 Å². The van der Waals surface area contributed by atoms with Crippen LogP contribution in [0.2, 0.25) is 0 Å². The first-order chi connectivity index (χ1) is 8.89. The van der Waals surface area contributed by atoms with Gasteiger partial charge in [-0.1, -0.05) is 0 Å². The second-order valence-corrected chi connectivity index (χ2v) is 6.43. The highest BCUT2D eigenvalue weighted by Crippen LogP contribution is 2.41. The number of hydrogen-bond acceptors (Lipinski definition) is 3. The van der Waals surface area contributed by atoms with Crippen molar-refractivity contribution in [1.82, 2.24) is 9.80 Å². The molecule has 0 bridgehead atoms. The Morgan fingerprint density at radius 3 is 2.20 bits per heavy atom. The normalized spacial score (nSPS) is 24.9. The highest BCUT2D eigenvalue weighted by Gasteiger charge is 2.58. The minimum Gasteiger partial charge on any atom is -0.444 e. The Morgan fingerprint density at radius 1 is 1.25 bits per heavy atom. The molecule has 1 unspecified atom stereocenters. The lowest BCUT2D eigenvalue weighted by atomic mass is 9.87. The molecule has 1 rings (SSSR count). The van der Waals surface area contributed by atoms with Crippen molar-refractivity contribution in [2.45, 2.75) is 50.9 Å². The van der Waals surface area contributed by atoms with Gasteiger partial charge in [0.25, 0.3) is 0 Å². The fraction of sp³-hybridized carbons (Fsp3) is 0.923. The number of nitrogens with zero attached hydrogens (tertiary/aromatic N) is 2. The molecule has 0 aromatic carbocycles. The van der Waals surface area contributed by atoms with Crippen LogP contribution in [0.15, 0.2) is 0 Å². The van der Waals surface area contributed by atoms with Crippen LogP contribution in [0.5, 0.6) is 0 Å². The molecule has 7 heteroatoms. The number of hydrogen-bond donors (Lipinski definition) is 0. The van der Waals surface area contributed by atoms with Gasteiger partial charge in [0.05, 0.1) is 6.54 Å². The molecule has 1 saturated heterocycles. The maximum Gasteiger partial charge on any atom is 0.410 e. The maximum absolute atomic E-state index is 13.4. The van der Waals surface area contributed by atoms with Gasteiger partial charge in [-0.2, -0.15) is 13.2 Å². The number of amides is 1. The lowest BCUT2D eigenvalue weighted by Gasteiger charge is -2.47. The molecule has 1 heterocycles. The molecule has 0 N–H and O–H groups in total. The average Bonchev–Trinajstić information content (AvgIpc) is 2.25. The van der Waals surface area contributed by atoms with E-state index in [4.69, 9.17) is 4.74 Å². The third-order valence-corrected chi connectivity index (χ3v) is 3.51. The zero-order valence-corrected chi connectivity index (χ0v) is 12.7. The van der Waals surface area contributed by atoms with Crippen molar-refractivity contribution in [2.75, 3.05) is 27.2 Å². The number of alkyl halides is 3. The van der Waals surface area contributed by atoms with Crippen molar-refractivity contribution < 1.29 is 22.7 Å². The van der Waals surface area contributed by atoms with Crippen LogP contribution in [0.1, 0.15) is 33.6 Å². The summed E-state index contributed by atoms with van der Waals surface area (Å²) in [5, 5.41) is 0. The van der Waals surface area contributed by atoms with Gasteiger partial charge >= 0.3 is 12.3 Å². The summed E-state index contributed by atoms with van der Waals surface area (Å²) in [4.78, 5) is 14.3. The van der Waals surface area contributed by atoms with Gasteiger partial charge in [-0.15, -0.1) is 0 Å². The summed E-state index contributed by atoms with van der Waals surface area (Å²) in [7, 11) is 2.79. The van der Waals surface area contributed by atoms with E-state index in [1.165, 1.54) is 14.1 Å². The Kier molecular flexibility index (Phi) is 4.63. The summed E-state index contributed by atoms with van der Waals surface area (Å²) in [5.41, 5.74) is -2.71. The molecule has 1 atom stereocenters. The Hall–Kier alpha value is -0.980. The van der Waals surface area contributed by atoms with Crippen LogP contribution >= 0.6 is 0 Å². The van der Waals surface area contributed by atoms with Crippen LogP contribution in [0.4, 0.5) is 18.0 Å². The first kappa shape index (κ1) is 17.1. The fourth-order valence-corrected chi connectivity index (χ4v) is 2.37. The summed E-state index contributed by atoms with van der Waals surface area (Å²) < 4.78 is 45.4. The number of halogens is 3. The number of carbonyl (C=O) groups is 1. The Balaban J connectivity index is 2.92. The van der Waals surface area contributed by atoms with Crippen LogP contribution in [-0.2, 0) is 4.74 Å². The predicted molar refractivity (Wildman–Crippen MR) is 69.5 cm³/mol. The number of rotatable bonds is 1. The molecule has 0 aliphatic carbocycles. The van der Waals surface area contributed by atoms with Gasteiger partial charge in [0.1, 0.15) is 11.1 Å². The van der Waals surface area contributed by atoms with E-state index in [2.05, 4.69) is 0 Å². The molecular formula is C13H23F3N2O2. The largest absolute Gasteiger partial charge is 0.444 e. The maximum atomic E-state index is 13.4. The lowest BCUT2D eigenvalue weighted by molar-refractivity contribution is -0.237. The topological polar surface area (TPSA) is 32.8 Å². The third-order valence-electron chi connectivity index (χ3n) is 3.51. The standard InChI is InChI=1S/C13H23F3N2O2/c1-11(2,3)20-10(19)18-8-6-7-12(9-18,17(4)5)13(14,15)16/h6-9H2,1-5H3. The van der Waals surface area contributed by atoms with Gasteiger partial charge in [0, 0.05) is 6.54 Å². The molecule has 4 nitrogen and oxygen atoms in total. The van der Waals surface area contributed by atoms with E-state index >= 15 is 0 Å². The van der Waals surface area contributed by atoms with Gasteiger partial charge in [0.2, 0.25) is 0 Å². The van der Waals surface area contributed by atoms with Gasteiger partial charge < -0.3 is 9.64 Å². The first-order valence-electron chi connectivity index (χ1n) is 6.61. The highest BCUT2D eigenvalue weighted by molar-refractivity contribution is 5.68. The number of piperidine rings is 1. The zero-order valence-electron chi connectivity index (χ0n) is 12.7. The average molecular weight is 296 g/mol. The van der Waals surface area contributed by atoms with Crippen molar-refractivity contribution in [1.29, 1.82) is 0 Å². The SMILES string of the molecule is CN(C)C1(C(F)(F)F)CCCN(C(=O)OC(C)(C)C)C1. The zero-order chi connectivity index (χ0) is 15.8. The fourth-order valence-electron chi connectivity index (χ4n) is 2.37. The molecule has 0 spiro atoms. The monoisotopic (exact) mass is 296 g/mol. The number of carbonyl (C=O) groups excluding carboxylic acids is 1. The molecule has 1 fully saturated rings. The van der Waals surface area contributed by atoms with E-state index < -0.39 is 30.0 Å². The minimum absolute atomic E-state index is 0.0111. The Labute approximate surface area is 117 Å². The predicted octanol–water partition coefficient (Wildman–Crippen LogP) is 2.88. The van der Waals surface area contributed by atoms with Crippen LogP contribution in [-0.4, -0.2) is 60.4 Å². The second kappa shape index (κ2) is 5.42. The molecule has 0 saturated carbocycles. The van der Waals surface area contributed by atoms with Gasteiger partial charge in [-0.3, -0.25) is 4.90 Å². The summed E-state index contributed by atoms with van der Waals surface area (Å²) in [5.74, 6) is 0. The van der Waals surface area contributed by atoms with Crippen molar-refractivity contribution >= 4 is 6.09 Å². The Morgan fingerprint density at radius 2 is 1.80 bits per heavy atom. The highest BCUT2D eigenvalue weighted by atomic mass is 19.4. The van der Waals surface area contributed by atoms with Crippen LogP contribution in [0, 0.1) is 0 Å². The van der Waals surface area contributed by atoms with E-state index in [-0.39, 0.29) is 6.42 Å². The van der Waals surface area contributed by atoms with Gasteiger partial charge in [-0.05, 0) is 47.7 Å². The summed E-state index contributed by atoms with van der Waals surface area (Å²) in [6.45, 7) is 4.98. The number of ether oxygens (including phenoxy) is 1. The molecule has 0 aromatic rings. The lowest BCUT2D eigenvalue weighted by Crippen LogP contribution is -2.65. The summed E-state index contributed by atoms with van der Waals surface area (Å²) in [6.07, 6.45) is -4.79. The number of likely N-dealkylation sites (N-methyl/N-ethyl adjacent to an activating group) is 1. The minimum atomic E-state index is -4.39. The molecule has 0 aromatic heterocycles.